The molecule has 0 aromatic carbocycles. The molecule has 0 aromatic heterocycles. The van der Waals surface area contributed by atoms with Gasteiger partial charge in [0.1, 0.15) is 0 Å². The van der Waals surface area contributed by atoms with E-state index >= 15 is 0 Å². The lowest BCUT2D eigenvalue weighted by Gasteiger charge is -1.90. The van der Waals surface area contributed by atoms with Crippen LogP contribution in [0, 0.1) is 5.92 Å². The summed E-state index contributed by atoms with van der Waals surface area (Å²) in [4.78, 5) is 0. The molecule has 9 heavy (non-hydrogen) atoms. The van der Waals surface area contributed by atoms with E-state index in [1.807, 2.05) is 13.8 Å². The van der Waals surface area contributed by atoms with Gasteiger partial charge in [0.2, 0.25) is 0 Å². The first-order valence-corrected chi connectivity index (χ1v) is 3.01. The molecule has 0 spiro atoms. The summed E-state index contributed by atoms with van der Waals surface area (Å²) in [5, 5.41) is 23.4. The molecule has 0 unspecified atom stereocenters. The molecule has 0 radical (unpaired) electrons. The van der Waals surface area contributed by atoms with Gasteiger partial charge in [-0.3, -0.25) is 0 Å². The van der Waals surface area contributed by atoms with E-state index in [2.05, 4.69) is 0 Å². The summed E-state index contributed by atoms with van der Waals surface area (Å²) in [6.45, 7) is 4.00. The Hall–Kier alpha value is -0.120. The quantitative estimate of drug-likeness (QED) is 0.484. The Morgan fingerprint density at radius 1 is 1.00 bits per heavy atom. The van der Waals surface area contributed by atoms with E-state index in [1.54, 1.807) is 0 Å². The van der Waals surface area contributed by atoms with Crippen LogP contribution in [0.3, 0.4) is 0 Å². The zero-order chi connectivity index (χ0) is 7.70. The van der Waals surface area contributed by atoms with E-state index in [-0.39, 0.29) is 13.2 Å². The van der Waals surface area contributed by atoms with Gasteiger partial charge in [0.05, 0.1) is 13.2 Å². The average Bonchev–Trinajstić information content (AvgIpc) is 1.89. The molecule has 58 valence electrons. The molecule has 0 rings (SSSR count). The SMILES string of the molecule is CC(C)CO.OCCO. The van der Waals surface area contributed by atoms with Gasteiger partial charge in [-0.1, -0.05) is 13.8 Å². The minimum Gasteiger partial charge on any atom is -0.396 e. The molecule has 0 fully saturated rings. The number of hydrogen-bond donors (Lipinski definition) is 3. The molecule has 0 aliphatic carbocycles. The highest BCUT2D eigenvalue weighted by Gasteiger charge is 1.81. The number of hydrogen-bond acceptors (Lipinski definition) is 3. The van der Waals surface area contributed by atoms with Crippen molar-refractivity contribution in [2.75, 3.05) is 19.8 Å². The third kappa shape index (κ3) is 32.8. The van der Waals surface area contributed by atoms with Crippen LogP contribution in [0.15, 0.2) is 0 Å². The monoisotopic (exact) mass is 136 g/mol. The van der Waals surface area contributed by atoms with Crippen LogP contribution in [0.4, 0.5) is 0 Å². The number of rotatable bonds is 2. The minimum absolute atomic E-state index is 0.125. The van der Waals surface area contributed by atoms with Crippen molar-refractivity contribution >= 4 is 0 Å². The fourth-order valence-corrected chi connectivity index (χ4v) is 0. The highest BCUT2D eigenvalue weighted by Crippen LogP contribution is 1.83. The summed E-state index contributed by atoms with van der Waals surface area (Å²) in [5.41, 5.74) is 0. The van der Waals surface area contributed by atoms with E-state index in [1.165, 1.54) is 0 Å². The van der Waals surface area contributed by atoms with E-state index in [9.17, 15) is 0 Å². The smallest absolute Gasteiger partial charge is 0.0662 e. The summed E-state index contributed by atoms with van der Waals surface area (Å²) in [5.74, 6) is 0.440. The highest BCUT2D eigenvalue weighted by atomic mass is 16.3. The van der Waals surface area contributed by atoms with Crippen molar-refractivity contribution < 1.29 is 15.3 Å². The second-order valence-electron chi connectivity index (χ2n) is 2.02. The topological polar surface area (TPSA) is 60.7 Å². The maximum atomic E-state index is 8.14. The van der Waals surface area contributed by atoms with Crippen molar-refractivity contribution in [2.45, 2.75) is 13.8 Å². The Balaban J connectivity index is 0. The Kier molecular flexibility index (Phi) is 14.0. The molecule has 0 amide bonds. The van der Waals surface area contributed by atoms with E-state index in [0.29, 0.717) is 12.5 Å². The lowest BCUT2D eigenvalue weighted by molar-refractivity contribution is 0.186. The molecule has 0 aliphatic heterocycles. The molecule has 0 atom stereocenters. The third-order valence-electron chi connectivity index (χ3n) is 0.465. The van der Waals surface area contributed by atoms with Gasteiger partial charge < -0.3 is 15.3 Å². The lowest BCUT2D eigenvalue weighted by Crippen LogP contribution is -1.90. The van der Waals surface area contributed by atoms with Gasteiger partial charge in [0.15, 0.2) is 0 Å². The standard InChI is InChI=1S/C4H10O.C2H6O2/c1-4(2)3-5;3-1-2-4/h4-5H,3H2,1-2H3;3-4H,1-2H2. The Morgan fingerprint density at radius 2 is 1.22 bits per heavy atom. The van der Waals surface area contributed by atoms with Crippen molar-refractivity contribution in [1.82, 2.24) is 0 Å². The molecule has 0 aliphatic rings. The molecule has 0 aromatic rings. The van der Waals surface area contributed by atoms with Crippen LogP contribution in [-0.4, -0.2) is 35.1 Å². The van der Waals surface area contributed by atoms with Gasteiger partial charge in [-0.25, -0.2) is 0 Å². The Labute approximate surface area is 56.0 Å². The maximum absolute atomic E-state index is 8.14. The van der Waals surface area contributed by atoms with E-state index in [4.69, 9.17) is 15.3 Å². The van der Waals surface area contributed by atoms with Gasteiger partial charge in [-0.05, 0) is 5.92 Å². The third-order valence-corrected chi connectivity index (χ3v) is 0.465. The van der Waals surface area contributed by atoms with Crippen molar-refractivity contribution in [3.63, 3.8) is 0 Å². The fourth-order valence-electron chi connectivity index (χ4n) is 0. The summed E-state index contributed by atoms with van der Waals surface area (Å²) >= 11 is 0. The predicted octanol–water partition coefficient (Wildman–Crippen LogP) is -0.394. The lowest BCUT2D eigenvalue weighted by atomic mass is 10.2. The molecule has 0 saturated heterocycles. The molecule has 3 N–H and O–H groups in total. The zero-order valence-corrected chi connectivity index (χ0v) is 6.04. The molecule has 0 heterocycles. The second kappa shape index (κ2) is 10.8. The predicted molar refractivity (Wildman–Crippen MR) is 36.1 cm³/mol. The summed E-state index contributed by atoms with van der Waals surface area (Å²) < 4.78 is 0. The molecule has 0 saturated carbocycles. The van der Waals surface area contributed by atoms with Crippen LogP contribution in [-0.2, 0) is 0 Å². The van der Waals surface area contributed by atoms with Gasteiger partial charge in [-0.15, -0.1) is 0 Å². The van der Waals surface area contributed by atoms with Crippen LogP contribution in [0.1, 0.15) is 13.8 Å². The largest absolute Gasteiger partial charge is 0.396 e. The van der Waals surface area contributed by atoms with Gasteiger partial charge in [0.25, 0.3) is 0 Å². The first kappa shape index (κ1) is 11.6. The van der Waals surface area contributed by atoms with E-state index < -0.39 is 0 Å². The summed E-state index contributed by atoms with van der Waals surface area (Å²) in [6, 6.07) is 0. The van der Waals surface area contributed by atoms with Crippen molar-refractivity contribution in [3.8, 4) is 0 Å². The highest BCUT2D eigenvalue weighted by molar-refractivity contribution is 4.32. The summed E-state index contributed by atoms with van der Waals surface area (Å²) in [6.07, 6.45) is 0. The van der Waals surface area contributed by atoms with Crippen LogP contribution >= 0.6 is 0 Å². The molecular formula is C6H16O3. The van der Waals surface area contributed by atoms with Crippen LogP contribution in [0.25, 0.3) is 0 Å². The first-order valence-electron chi connectivity index (χ1n) is 3.01. The number of aliphatic hydroxyl groups is 3. The molecule has 0 bridgehead atoms. The van der Waals surface area contributed by atoms with Crippen LogP contribution in [0.5, 0.6) is 0 Å². The number of aliphatic hydroxyl groups excluding tert-OH is 3. The summed E-state index contributed by atoms with van der Waals surface area (Å²) in [7, 11) is 0. The second-order valence-corrected chi connectivity index (χ2v) is 2.02. The minimum atomic E-state index is -0.125. The van der Waals surface area contributed by atoms with Crippen molar-refractivity contribution in [2.24, 2.45) is 5.92 Å². The normalized spacial score (nSPS) is 8.67. The maximum Gasteiger partial charge on any atom is 0.0662 e. The molecular weight excluding hydrogens is 120 g/mol. The first-order chi connectivity index (χ1) is 4.18. The van der Waals surface area contributed by atoms with Gasteiger partial charge in [-0.2, -0.15) is 0 Å². The fraction of sp³-hybridized carbons (Fsp3) is 1.00. The average molecular weight is 136 g/mol. The van der Waals surface area contributed by atoms with Crippen molar-refractivity contribution in [1.29, 1.82) is 0 Å². The van der Waals surface area contributed by atoms with Gasteiger partial charge >= 0.3 is 0 Å². The molecule has 3 nitrogen and oxygen atoms in total. The van der Waals surface area contributed by atoms with Gasteiger partial charge in [0, 0.05) is 6.61 Å². The van der Waals surface area contributed by atoms with E-state index in [0.717, 1.165) is 0 Å². The molecule has 3 heteroatoms. The zero-order valence-electron chi connectivity index (χ0n) is 6.04. The van der Waals surface area contributed by atoms with Crippen LogP contribution < -0.4 is 0 Å². The van der Waals surface area contributed by atoms with Crippen LogP contribution in [0.2, 0.25) is 0 Å². The Morgan fingerprint density at radius 3 is 1.22 bits per heavy atom. The Bertz CT molecular complexity index is 35.3. The van der Waals surface area contributed by atoms with Crippen molar-refractivity contribution in [3.05, 3.63) is 0 Å².